The third kappa shape index (κ3) is 2.20. The van der Waals surface area contributed by atoms with Gasteiger partial charge in [-0.3, -0.25) is 4.68 Å². The van der Waals surface area contributed by atoms with Crippen LogP contribution in [0.2, 0.25) is 0 Å². The molecule has 0 unspecified atom stereocenters. The van der Waals surface area contributed by atoms with E-state index < -0.39 is 5.82 Å². The van der Waals surface area contributed by atoms with Crippen molar-refractivity contribution in [3.05, 3.63) is 41.7 Å². The van der Waals surface area contributed by atoms with Crippen LogP contribution in [0.25, 0.3) is 11.1 Å². The van der Waals surface area contributed by atoms with Crippen molar-refractivity contribution in [2.45, 2.75) is 19.8 Å². The lowest BCUT2D eigenvalue weighted by Gasteiger charge is -2.09. The number of halogens is 2. The van der Waals surface area contributed by atoms with Crippen LogP contribution < -0.4 is 0 Å². The minimum Gasteiger partial charge on any atom is -0.275 e. The van der Waals surface area contributed by atoms with Gasteiger partial charge in [0.25, 0.3) is 0 Å². The van der Waals surface area contributed by atoms with Crippen LogP contribution in [-0.4, -0.2) is 9.78 Å². The van der Waals surface area contributed by atoms with Gasteiger partial charge in [0.15, 0.2) is 0 Å². The Morgan fingerprint density at radius 1 is 1.18 bits per heavy atom. The molecule has 90 valence electrons. The molecule has 2 aromatic rings. The fourth-order valence-corrected chi connectivity index (χ4v) is 1.79. The first kappa shape index (κ1) is 11.8. The Balaban J connectivity index is 2.54. The first-order valence-corrected chi connectivity index (χ1v) is 5.47. The zero-order valence-electron chi connectivity index (χ0n) is 10.0. The summed E-state index contributed by atoms with van der Waals surface area (Å²) in [5.74, 6) is -0.823. The van der Waals surface area contributed by atoms with Crippen molar-refractivity contribution in [2.75, 3.05) is 0 Å². The Hall–Kier alpha value is -1.71. The summed E-state index contributed by atoms with van der Waals surface area (Å²) in [7, 11) is 1.74. The van der Waals surface area contributed by atoms with Gasteiger partial charge in [-0.2, -0.15) is 5.10 Å². The van der Waals surface area contributed by atoms with E-state index in [4.69, 9.17) is 0 Å². The smallest absolute Gasteiger partial charge is 0.131 e. The topological polar surface area (TPSA) is 17.8 Å². The SMILES string of the molecule is CC(C)c1cc(F)c(-c2cnn(C)c2)cc1F. The van der Waals surface area contributed by atoms with Crippen molar-refractivity contribution < 1.29 is 8.78 Å². The van der Waals surface area contributed by atoms with Crippen LogP contribution in [0.15, 0.2) is 24.5 Å². The van der Waals surface area contributed by atoms with Crippen molar-refractivity contribution in [2.24, 2.45) is 7.05 Å². The standard InChI is InChI=1S/C13H14F2N2/c1-8(2)10-4-13(15)11(5-12(10)14)9-6-16-17(3)7-9/h4-8H,1-3H3. The summed E-state index contributed by atoms with van der Waals surface area (Å²) in [6.45, 7) is 3.67. The van der Waals surface area contributed by atoms with Crippen LogP contribution in [-0.2, 0) is 7.05 Å². The molecule has 0 aliphatic heterocycles. The molecule has 0 atom stereocenters. The molecule has 1 heterocycles. The third-order valence-electron chi connectivity index (χ3n) is 2.72. The molecule has 17 heavy (non-hydrogen) atoms. The summed E-state index contributed by atoms with van der Waals surface area (Å²) >= 11 is 0. The zero-order valence-corrected chi connectivity index (χ0v) is 10.0. The highest BCUT2D eigenvalue weighted by atomic mass is 19.1. The van der Waals surface area contributed by atoms with Gasteiger partial charge in [-0.05, 0) is 23.6 Å². The van der Waals surface area contributed by atoms with Gasteiger partial charge >= 0.3 is 0 Å². The van der Waals surface area contributed by atoms with Gasteiger partial charge in [0.2, 0.25) is 0 Å². The summed E-state index contributed by atoms with van der Waals surface area (Å²) in [5, 5.41) is 3.95. The molecule has 0 amide bonds. The van der Waals surface area contributed by atoms with Gasteiger partial charge in [0.1, 0.15) is 11.6 Å². The van der Waals surface area contributed by atoms with Crippen molar-refractivity contribution in [1.29, 1.82) is 0 Å². The molecule has 0 aliphatic rings. The second-order valence-electron chi connectivity index (χ2n) is 4.41. The first-order chi connectivity index (χ1) is 7.99. The molecule has 0 saturated carbocycles. The van der Waals surface area contributed by atoms with E-state index in [-0.39, 0.29) is 17.3 Å². The van der Waals surface area contributed by atoms with Crippen LogP contribution in [0.5, 0.6) is 0 Å². The summed E-state index contributed by atoms with van der Waals surface area (Å²) in [4.78, 5) is 0. The van der Waals surface area contributed by atoms with Gasteiger partial charge in [-0.15, -0.1) is 0 Å². The highest BCUT2D eigenvalue weighted by molar-refractivity contribution is 5.63. The van der Waals surface area contributed by atoms with Crippen LogP contribution in [0.4, 0.5) is 8.78 Å². The summed E-state index contributed by atoms with van der Waals surface area (Å²) in [6, 6.07) is 2.50. The van der Waals surface area contributed by atoms with Crippen molar-refractivity contribution in [3.8, 4) is 11.1 Å². The van der Waals surface area contributed by atoms with E-state index in [2.05, 4.69) is 5.10 Å². The van der Waals surface area contributed by atoms with Crippen molar-refractivity contribution >= 4 is 0 Å². The van der Waals surface area contributed by atoms with E-state index in [0.29, 0.717) is 11.1 Å². The minimum absolute atomic E-state index is 0.0348. The predicted molar refractivity (Wildman–Crippen MR) is 62.6 cm³/mol. The Kier molecular flexibility index (Phi) is 2.96. The molecule has 1 aromatic carbocycles. The summed E-state index contributed by atoms with van der Waals surface area (Å²) in [6.07, 6.45) is 3.18. The lowest BCUT2D eigenvalue weighted by molar-refractivity contribution is 0.578. The summed E-state index contributed by atoms with van der Waals surface area (Å²) < 4.78 is 29.2. The molecule has 0 aliphatic carbocycles. The second-order valence-corrected chi connectivity index (χ2v) is 4.41. The van der Waals surface area contributed by atoms with Crippen LogP contribution >= 0.6 is 0 Å². The number of rotatable bonds is 2. The predicted octanol–water partition coefficient (Wildman–Crippen LogP) is 3.49. The zero-order chi connectivity index (χ0) is 12.6. The third-order valence-corrected chi connectivity index (χ3v) is 2.72. The van der Waals surface area contributed by atoms with Gasteiger partial charge < -0.3 is 0 Å². The number of aromatic nitrogens is 2. The average Bonchev–Trinajstić information content (AvgIpc) is 2.67. The Morgan fingerprint density at radius 3 is 2.41 bits per heavy atom. The lowest BCUT2D eigenvalue weighted by Crippen LogP contribution is -1.96. The Bertz CT molecular complexity index is 544. The van der Waals surface area contributed by atoms with Crippen LogP contribution in [0, 0.1) is 11.6 Å². The highest BCUT2D eigenvalue weighted by Crippen LogP contribution is 2.28. The number of benzene rings is 1. The van der Waals surface area contributed by atoms with E-state index in [1.807, 2.05) is 13.8 Å². The van der Waals surface area contributed by atoms with Gasteiger partial charge in [-0.1, -0.05) is 13.8 Å². The normalized spacial score (nSPS) is 11.2. The molecule has 0 spiro atoms. The molecule has 2 nitrogen and oxygen atoms in total. The molecule has 4 heteroatoms. The molecule has 0 N–H and O–H groups in total. The second kappa shape index (κ2) is 4.28. The quantitative estimate of drug-likeness (QED) is 0.780. The maximum atomic E-state index is 13.9. The van der Waals surface area contributed by atoms with Crippen LogP contribution in [0.3, 0.4) is 0 Å². The largest absolute Gasteiger partial charge is 0.275 e. The first-order valence-electron chi connectivity index (χ1n) is 5.47. The molecule has 2 rings (SSSR count). The molecular weight excluding hydrogens is 222 g/mol. The molecule has 1 aromatic heterocycles. The number of hydrogen-bond acceptors (Lipinski definition) is 1. The Labute approximate surface area is 98.9 Å². The average molecular weight is 236 g/mol. The molecule has 0 saturated heterocycles. The fraction of sp³-hybridized carbons (Fsp3) is 0.308. The molecular formula is C13H14F2N2. The maximum Gasteiger partial charge on any atom is 0.131 e. The van der Waals surface area contributed by atoms with E-state index in [1.54, 1.807) is 17.9 Å². The fourth-order valence-electron chi connectivity index (χ4n) is 1.79. The number of nitrogens with zero attached hydrogens (tertiary/aromatic N) is 2. The van der Waals surface area contributed by atoms with Gasteiger partial charge in [0.05, 0.1) is 6.20 Å². The summed E-state index contributed by atoms with van der Waals surface area (Å²) in [5.41, 5.74) is 1.23. The maximum absolute atomic E-state index is 13.9. The highest BCUT2D eigenvalue weighted by Gasteiger charge is 2.14. The monoisotopic (exact) mass is 236 g/mol. The number of hydrogen-bond donors (Lipinski definition) is 0. The number of aryl methyl sites for hydroxylation is 1. The van der Waals surface area contributed by atoms with E-state index in [0.717, 1.165) is 0 Å². The van der Waals surface area contributed by atoms with E-state index in [9.17, 15) is 8.78 Å². The lowest BCUT2D eigenvalue weighted by atomic mass is 9.98. The Morgan fingerprint density at radius 2 is 1.88 bits per heavy atom. The van der Waals surface area contributed by atoms with Crippen molar-refractivity contribution in [1.82, 2.24) is 9.78 Å². The molecule has 0 radical (unpaired) electrons. The van der Waals surface area contributed by atoms with E-state index in [1.165, 1.54) is 18.3 Å². The van der Waals surface area contributed by atoms with Gasteiger partial charge in [0, 0.05) is 24.4 Å². The molecule has 0 fully saturated rings. The van der Waals surface area contributed by atoms with E-state index >= 15 is 0 Å². The van der Waals surface area contributed by atoms with Gasteiger partial charge in [-0.25, -0.2) is 8.78 Å². The molecule has 0 bridgehead atoms. The minimum atomic E-state index is -0.414. The van der Waals surface area contributed by atoms with Crippen LogP contribution in [0.1, 0.15) is 25.3 Å². The van der Waals surface area contributed by atoms with Crippen molar-refractivity contribution in [3.63, 3.8) is 0 Å².